The second kappa shape index (κ2) is 6.83. The number of aliphatic hydroxyl groups is 1. The van der Waals surface area contributed by atoms with E-state index in [9.17, 15) is 13.2 Å². The monoisotopic (exact) mass is 300 g/mol. The average molecular weight is 300 g/mol. The number of carbonyl (C=O) groups is 1. The van der Waals surface area contributed by atoms with Gasteiger partial charge in [0.15, 0.2) is 0 Å². The van der Waals surface area contributed by atoms with E-state index in [1.807, 2.05) is 13.8 Å². The lowest BCUT2D eigenvalue weighted by Crippen LogP contribution is -2.31. The van der Waals surface area contributed by atoms with E-state index in [2.05, 4.69) is 10.0 Å². The number of hydrogen-bond acceptors (Lipinski definition) is 4. The molecular weight excluding hydrogens is 280 g/mol. The lowest BCUT2D eigenvalue weighted by atomic mass is 10.1. The fourth-order valence-electron chi connectivity index (χ4n) is 1.62. The Morgan fingerprint density at radius 1 is 1.35 bits per heavy atom. The minimum atomic E-state index is -3.71. The third-order valence-electron chi connectivity index (χ3n) is 2.59. The molecular formula is C13H20N2O4S. The van der Waals surface area contributed by atoms with Crippen LogP contribution in [0.25, 0.3) is 0 Å². The van der Waals surface area contributed by atoms with Crippen molar-refractivity contribution in [2.45, 2.75) is 31.7 Å². The number of amides is 1. The maximum atomic E-state index is 12.0. The van der Waals surface area contributed by atoms with E-state index in [1.54, 1.807) is 13.0 Å². The standard InChI is InChI=1S/C13H20N2O4S/c1-9(2)15-13(17)12-8-11(5-4-10(12)3)20(18,19)14-6-7-16/h4-5,8-9,14,16H,6-7H2,1-3H3,(H,15,17). The van der Waals surface area contributed by atoms with Crippen LogP contribution in [0.2, 0.25) is 0 Å². The van der Waals surface area contributed by atoms with Gasteiger partial charge in [-0.2, -0.15) is 0 Å². The summed E-state index contributed by atoms with van der Waals surface area (Å²) in [7, 11) is -3.71. The number of benzene rings is 1. The molecule has 0 bridgehead atoms. The molecule has 7 heteroatoms. The van der Waals surface area contributed by atoms with Gasteiger partial charge in [-0.05, 0) is 38.5 Å². The van der Waals surface area contributed by atoms with Gasteiger partial charge in [-0.25, -0.2) is 13.1 Å². The van der Waals surface area contributed by atoms with E-state index >= 15 is 0 Å². The molecule has 3 N–H and O–H groups in total. The van der Waals surface area contributed by atoms with Gasteiger partial charge < -0.3 is 10.4 Å². The number of nitrogens with one attached hydrogen (secondary N) is 2. The first kappa shape index (κ1) is 16.6. The third kappa shape index (κ3) is 4.29. The topological polar surface area (TPSA) is 95.5 Å². The highest BCUT2D eigenvalue weighted by molar-refractivity contribution is 7.89. The van der Waals surface area contributed by atoms with Gasteiger partial charge in [0.1, 0.15) is 0 Å². The highest BCUT2D eigenvalue weighted by Gasteiger charge is 2.17. The highest BCUT2D eigenvalue weighted by Crippen LogP contribution is 2.15. The first-order valence-electron chi connectivity index (χ1n) is 6.30. The molecule has 0 heterocycles. The molecule has 0 aliphatic carbocycles. The highest BCUT2D eigenvalue weighted by atomic mass is 32.2. The summed E-state index contributed by atoms with van der Waals surface area (Å²) >= 11 is 0. The number of aryl methyl sites for hydroxylation is 1. The summed E-state index contributed by atoms with van der Waals surface area (Å²) in [5.41, 5.74) is 1.02. The molecule has 0 spiro atoms. The molecule has 0 saturated carbocycles. The zero-order valence-electron chi connectivity index (χ0n) is 11.8. The molecule has 1 rings (SSSR count). The number of sulfonamides is 1. The van der Waals surface area contributed by atoms with Crippen LogP contribution in [-0.4, -0.2) is 38.6 Å². The smallest absolute Gasteiger partial charge is 0.251 e. The Morgan fingerprint density at radius 3 is 2.55 bits per heavy atom. The van der Waals surface area contributed by atoms with Crippen molar-refractivity contribution in [3.8, 4) is 0 Å². The molecule has 0 aliphatic heterocycles. The van der Waals surface area contributed by atoms with E-state index in [0.29, 0.717) is 11.1 Å². The van der Waals surface area contributed by atoms with Crippen LogP contribution >= 0.6 is 0 Å². The van der Waals surface area contributed by atoms with E-state index < -0.39 is 10.0 Å². The molecule has 20 heavy (non-hydrogen) atoms. The van der Waals surface area contributed by atoms with Gasteiger partial charge >= 0.3 is 0 Å². The summed E-state index contributed by atoms with van der Waals surface area (Å²) in [6.07, 6.45) is 0. The number of aliphatic hydroxyl groups excluding tert-OH is 1. The minimum Gasteiger partial charge on any atom is -0.395 e. The summed E-state index contributed by atoms with van der Waals surface area (Å²) in [5.74, 6) is -0.309. The molecule has 1 aromatic rings. The summed E-state index contributed by atoms with van der Waals surface area (Å²) < 4.78 is 26.1. The zero-order valence-corrected chi connectivity index (χ0v) is 12.6. The average Bonchev–Trinajstić information content (AvgIpc) is 2.35. The van der Waals surface area contributed by atoms with Crippen molar-refractivity contribution in [2.24, 2.45) is 0 Å². The molecule has 0 radical (unpaired) electrons. The lowest BCUT2D eigenvalue weighted by molar-refractivity contribution is 0.0942. The van der Waals surface area contributed by atoms with Crippen molar-refractivity contribution in [1.82, 2.24) is 10.0 Å². The third-order valence-corrected chi connectivity index (χ3v) is 4.05. The van der Waals surface area contributed by atoms with Crippen LogP contribution in [0, 0.1) is 6.92 Å². The van der Waals surface area contributed by atoms with Crippen LogP contribution in [0.5, 0.6) is 0 Å². The Hall–Kier alpha value is -1.44. The Labute approximate surface area is 119 Å². The van der Waals surface area contributed by atoms with Gasteiger partial charge in [0.2, 0.25) is 10.0 Å². The van der Waals surface area contributed by atoms with Crippen molar-refractivity contribution >= 4 is 15.9 Å². The Bertz CT molecular complexity index is 582. The molecule has 0 saturated heterocycles. The Morgan fingerprint density at radius 2 is 2.00 bits per heavy atom. The van der Waals surface area contributed by atoms with E-state index in [-0.39, 0.29) is 30.0 Å². The molecule has 1 aromatic carbocycles. The molecule has 6 nitrogen and oxygen atoms in total. The Kier molecular flexibility index (Phi) is 5.67. The van der Waals surface area contributed by atoms with Gasteiger partial charge in [-0.15, -0.1) is 0 Å². The summed E-state index contributed by atoms with van der Waals surface area (Å²) in [4.78, 5) is 12.0. The van der Waals surface area contributed by atoms with E-state index in [4.69, 9.17) is 5.11 Å². The second-order valence-electron chi connectivity index (χ2n) is 4.73. The van der Waals surface area contributed by atoms with Crippen LogP contribution in [0.3, 0.4) is 0 Å². The number of hydrogen-bond donors (Lipinski definition) is 3. The van der Waals surface area contributed by atoms with Gasteiger partial charge in [0, 0.05) is 18.2 Å². The predicted octanol–water partition coefficient (Wildman–Crippen LogP) is 0.404. The van der Waals surface area contributed by atoms with Gasteiger partial charge in [-0.3, -0.25) is 4.79 Å². The fraction of sp³-hybridized carbons (Fsp3) is 0.462. The number of rotatable bonds is 6. The van der Waals surface area contributed by atoms with Crippen molar-refractivity contribution in [1.29, 1.82) is 0 Å². The van der Waals surface area contributed by atoms with Crippen molar-refractivity contribution in [2.75, 3.05) is 13.2 Å². The lowest BCUT2D eigenvalue weighted by Gasteiger charge is -2.12. The normalized spacial score (nSPS) is 11.7. The predicted molar refractivity (Wildman–Crippen MR) is 76.1 cm³/mol. The van der Waals surface area contributed by atoms with Gasteiger partial charge in [0.05, 0.1) is 11.5 Å². The molecule has 0 aromatic heterocycles. The van der Waals surface area contributed by atoms with Crippen LogP contribution in [0.4, 0.5) is 0 Å². The van der Waals surface area contributed by atoms with Gasteiger partial charge in [0.25, 0.3) is 5.91 Å². The fourth-order valence-corrected chi connectivity index (χ4v) is 2.66. The first-order valence-corrected chi connectivity index (χ1v) is 7.78. The van der Waals surface area contributed by atoms with E-state index in [0.717, 1.165) is 0 Å². The van der Waals surface area contributed by atoms with Crippen molar-refractivity contribution in [3.05, 3.63) is 29.3 Å². The molecule has 112 valence electrons. The summed E-state index contributed by atoms with van der Waals surface area (Å²) in [6, 6.07) is 4.33. The van der Waals surface area contributed by atoms with Crippen LogP contribution in [0.15, 0.2) is 23.1 Å². The Balaban J connectivity index is 3.11. The summed E-state index contributed by atoms with van der Waals surface area (Å²) in [6.45, 7) is 5.05. The maximum absolute atomic E-state index is 12.0. The largest absolute Gasteiger partial charge is 0.395 e. The van der Waals surface area contributed by atoms with Crippen LogP contribution in [-0.2, 0) is 10.0 Å². The van der Waals surface area contributed by atoms with Gasteiger partial charge in [-0.1, -0.05) is 6.07 Å². The molecule has 0 atom stereocenters. The molecule has 0 fully saturated rings. The SMILES string of the molecule is Cc1ccc(S(=O)(=O)NCCO)cc1C(=O)NC(C)C. The molecule has 0 unspecified atom stereocenters. The van der Waals surface area contributed by atoms with Crippen LogP contribution in [0.1, 0.15) is 29.8 Å². The van der Waals surface area contributed by atoms with Crippen molar-refractivity contribution in [3.63, 3.8) is 0 Å². The maximum Gasteiger partial charge on any atom is 0.251 e. The minimum absolute atomic E-state index is 0.00505. The zero-order chi connectivity index (χ0) is 15.3. The first-order chi connectivity index (χ1) is 9.27. The van der Waals surface area contributed by atoms with Crippen molar-refractivity contribution < 1.29 is 18.3 Å². The van der Waals surface area contributed by atoms with E-state index in [1.165, 1.54) is 12.1 Å². The second-order valence-corrected chi connectivity index (χ2v) is 6.49. The molecule has 1 amide bonds. The number of carbonyl (C=O) groups excluding carboxylic acids is 1. The quantitative estimate of drug-likeness (QED) is 0.709. The summed E-state index contributed by atoms with van der Waals surface area (Å²) in [5, 5.41) is 11.4. The van der Waals surface area contributed by atoms with Crippen LogP contribution < -0.4 is 10.0 Å². The molecule has 0 aliphatic rings.